The molecule has 0 aliphatic carbocycles. The predicted molar refractivity (Wildman–Crippen MR) is 82.2 cm³/mol. The molecule has 0 radical (unpaired) electrons. The van der Waals surface area contributed by atoms with Crippen LogP contribution in [0.2, 0.25) is 0 Å². The van der Waals surface area contributed by atoms with E-state index in [1.54, 1.807) is 31.2 Å². The van der Waals surface area contributed by atoms with Gasteiger partial charge in [0.25, 0.3) is 0 Å². The maximum absolute atomic E-state index is 13.8. The van der Waals surface area contributed by atoms with E-state index in [0.717, 1.165) is 0 Å². The van der Waals surface area contributed by atoms with Crippen LogP contribution in [0.3, 0.4) is 0 Å². The van der Waals surface area contributed by atoms with E-state index in [1.807, 2.05) is 0 Å². The second kappa shape index (κ2) is 7.00. The van der Waals surface area contributed by atoms with Gasteiger partial charge in [-0.3, -0.25) is 0 Å². The van der Waals surface area contributed by atoms with E-state index in [1.165, 1.54) is 30.3 Å². The van der Waals surface area contributed by atoms with Crippen LogP contribution in [0.1, 0.15) is 25.0 Å². The number of nitrogens with one attached hydrogen (secondary N) is 1. The lowest BCUT2D eigenvalue weighted by molar-refractivity contribution is 0.133. The predicted octanol–water partition coefficient (Wildman–Crippen LogP) is 2.62. The summed E-state index contributed by atoms with van der Waals surface area (Å²) < 4.78 is 40.8. The highest BCUT2D eigenvalue weighted by Crippen LogP contribution is 2.23. The molecular weight excluding hydrogens is 305 g/mol. The van der Waals surface area contributed by atoms with Crippen LogP contribution in [0, 0.1) is 5.82 Å². The highest BCUT2D eigenvalue weighted by molar-refractivity contribution is 7.89. The Morgan fingerprint density at radius 1 is 1.09 bits per heavy atom. The van der Waals surface area contributed by atoms with Crippen molar-refractivity contribution in [1.82, 2.24) is 4.72 Å². The van der Waals surface area contributed by atoms with Crippen LogP contribution in [0.25, 0.3) is 0 Å². The quantitative estimate of drug-likeness (QED) is 0.859. The van der Waals surface area contributed by atoms with Gasteiger partial charge in [-0.25, -0.2) is 17.5 Å². The molecule has 2 aromatic carbocycles. The standard InChI is InChI=1S/C16H18FNO3S/c1-2-15(16(19)13-10-6-7-11-14(13)17)18-22(20,21)12-8-4-3-5-9-12/h3-11,15-16,18-19H,2H2,1H3/t15-,16+/m1/s1. The second-order valence-corrected chi connectivity index (χ2v) is 6.63. The van der Waals surface area contributed by atoms with Gasteiger partial charge >= 0.3 is 0 Å². The highest BCUT2D eigenvalue weighted by Gasteiger charge is 2.27. The molecule has 0 heterocycles. The fourth-order valence-electron chi connectivity index (χ4n) is 2.17. The Labute approximate surface area is 129 Å². The lowest BCUT2D eigenvalue weighted by Crippen LogP contribution is -2.39. The third kappa shape index (κ3) is 3.71. The zero-order valence-corrected chi connectivity index (χ0v) is 12.9. The van der Waals surface area contributed by atoms with Crippen molar-refractivity contribution in [2.45, 2.75) is 30.4 Å². The molecule has 0 bridgehead atoms. The number of aliphatic hydroxyl groups is 1. The summed E-state index contributed by atoms with van der Waals surface area (Å²) in [6, 6.07) is 12.8. The topological polar surface area (TPSA) is 66.4 Å². The summed E-state index contributed by atoms with van der Waals surface area (Å²) in [5, 5.41) is 10.3. The minimum absolute atomic E-state index is 0.0742. The van der Waals surface area contributed by atoms with Gasteiger partial charge in [0.15, 0.2) is 0 Å². The number of aliphatic hydroxyl groups excluding tert-OH is 1. The molecule has 0 aliphatic rings. The molecule has 0 aliphatic heterocycles. The molecule has 0 spiro atoms. The van der Waals surface area contributed by atoms with Crippen molar-refractivity contribution >= 4 is 10.0 Å². The minimum Gasteiger partial charge on any atom is -0.387 e. The molecule has 0 aromatic heterocycles. The Kier molecular flexibility index (Phi) is 5.28. The van der Waals surface area contributed by atoms with Crippen molar-refractivity contribution < 1.29 is 17.9 Å². The fourth-order valence-corrected chi connectivity index (χ4v) is 3.52. The maximum Gasteiger partial charge on any atom is 0.240 e. The second-order valence-electron chi connectivity index (χ2n) is 4.92. The molecule has 0 saturated carbocycles. The Morgan fingerprint density at radius 2 is 1.68 bits per heavy atom. The van der Waals surface area contributed by atoms with Crippen LogP contribution in [-0.2, 0) is 10.0 Å². The van der Waals surface area contributed by atoms with Crippen molar-refractivity contribution in [1.29, 1.82) is 0 Å². The molecule has 2 rings (SSSR count). The first-order chi connectivity index (χ1) is 10.5. The zero-order valence-electron chi connectivity index (χ0n) is 12.1. The van der Waals surface area contributed by atoms with Gasteiger partial charge in [0.05, 0.1) is 17.0 Å². The summed E-state index contributed by atoms with van der Waals surface area (Å²) in [6.45, 7) is 1.72. The average molecular weight is 323 g/mol. The van der Waals surface area contributed by atoms with E-state index in [4.69, 9.17) is 0 Å². The van der Waals surface area contributed by atoms with Crippen LogP contribution < -0.4 is 4.72 Å². The first-order valence-corrected chi connectivity index (χ1v) is 8.44. The van der Waals surface area contributed by atoms with Crippen molar-refractivity contribution in [2.24, 2.45) is 0 Å². The number of halogens is 1. The SMILES string of the molecule is CC[C@@H](NS(=O)(=O)c1ccccc1)[C@@H](O)c1ccccc1F. The third-order valence-corrected chi connectivity index (χ3v) is 4.91. The number of rotatable bonds is 6. The number of hydrogen-bond donors (Lipinski definition) is 2. The Bertz CT molecular complexity index is 719. The molecular formula is C16H18FNO3S. The van der Waals surface area contributed by atoms with Gasteiger partial charge in [-0.15, -0.1) is 0 Å². The van der Waals surface area contributed by atoms with E-state index < -0.39 is 28.0 Å². The van der Waals surface area contributed by atoms with Crippen LogP contribution in [0.15, 0.2) is 59.5 Å². The average Bonchev–Trinajstić information content (AvgIpc) is 2.53. The highest BCUT2D eigenvalue weighted by atomic mass is 32.2. The molecule has 2 aromatic rings. The molecule has 22 heavy (non-hydrogen) atoms. The van der Waals surface area contributed by atoms with E-state index in [0.29, 0.717) is 6.42 Å². The van der Waals surface area contributed by atoms with Crippen molar-refractivity contribution in [3.63, 3.8) is 0 Å². The number of benzene rings is 2. The summed E-state index contributed by atoms with van der Waals surface area (Å²) in [5.74, 6) is -0.563. The molecule has 6 heteroatoms. The molecule has 0 unspecified atom stereocenters. The van der Waals surface area contributed by atoms with Crippen LogP contribution in [0.5, 0.6) is 0 Å². The van der Waals surface area contributed by atoms with Crippen LogP contribution >= 0.6 is 0 Å². The van der Waals surface area contributed by atoms with Crippen molar-refractivity contribution in [3.8, 4) is 0 Å². The zero-order chi connectivity index (χ0) is 16.2. The molecule has 0 amide bonds. The first-order valence-electron chi connectivity index (χ1n) is 6.95. The van der Waals surface area contributed by atoms with Crippen LogP contribution in [0.4, 0.5) is 4.39 Å². The molecule has 2 N–H and O–H groups in total. The molecule has 2 atom stereocenters. The summed E-state index contributed by atoms with van der Waals surface area (Å²) in [6.07, 6.45) is -0.939. The monoisotopic (exact) mass is 323 g/mol. The van der Waals surface area contributed by atoms with Gasteiger partial charge in [-0.1, -0.05) is 43.3 Å². The summed E-state index contributed by atoms with van der Waals surface area (Å²) >= 11 is 0. The summed E-state index contributed by atoms with van der Waals surface area (Å²) in [7, 11) is -3.77. The van der Waals surface area contributed by atoms with Gasteiger partial charge < -0.3 is 5.11 Å². The smallest absolute Gasteiger partial charge is 0.240 e. The molecule has 0 saturated heterocycles. The Balaban J connectivity index is 2.24. The largest absolute Gasteiger partial charge is 0.387 e. The Morgan fingerprint density at radius 3 is 2.27 bits per heavy atom. The van der Waals surface area contributed by atoms with Gasteiger partial charge in [0.2, 0.25) is 10.0 Å². The first kappa shape index (κ1) is 16.6. The molecule has 0 fully saturated rings. The van der Waals surface area contributed by atoms with Crippen molar-refractivity contribution in [2.75, 3.05) is 0 Å². The summed E-state index contributed by atoms with van der Waals surface area (Å²) in [4.78, 5) is 0.106. The molecule has 4 nitrogen and oxygen atoms in total. The van der Waals surface area contributed by atoms with E-state index >= 15 is 0 Å². The fraction of sp³-hybridized carbons (Fsp3) is 0.250. The normalized spacial score (nSPS) is 14.5. The maximum atomic E-state index is 13.8. The molecule has 118 valence electrons. The van der Waals surface area contributed by atoms with Gasteiger partial charge in [-0.2, -0.15) is 0 Å². The van der Waals surface area contributed by atoms with Crippen LogP contribution in [-0.4, -0.2) is 19.6 Å². The lowest BCUT2D eigenvalue weighted by Gasteiger charge is -2.23. The van der Waals surface area contributed by atoms with E-state index in [9.17, 15) is 17.9 Å². The van der Waals surface area contributed by atoms with Crippen molar-refractivity contribution in [3.05, 3.63) is 66.0 Å². The minimum atomic E-state index is -3.77. The lowest BCUT2D eigenvalue weighted by atomic mass is 10.0. The van der Waals surface area contributed by atoms with E-state index in [2.05, 4.69) is 4.72 Å². The Hall–Kier alpha value is -1.76. The van der Waals surface area contributed by atoms with E-state index in [-0.39, 0.29) is 10.5 Å². The summed E-state index contributed by atoms with van der Waals surface area (Å²) in [5.41, 5.74) is 0.0742. The number of sulfonamides is 1. The number of hydrogen-bond acceptors (Lipinski definition) is 3. The van der Waals surface area contributed by atoms with Gasteiger partial charge in [-0.05, 0) is 24.6 Å². The third-order valence-electron chi connectivity index (χ3n) is 3.40. The van der Waals surface area contributed by atoms with Gasteiger partial charge in [0.1, 0.15) is 5.82 Å². The van der Waals surface area contributed by atoms with Gasteiger partial charge in [0, 0.05) is 5.56 Å².